The van der Waals surface area contributed by atoms with E-state index < -0.39 is 0 Å². The summed E-state index contributed by atoms with van der Waals surface area (Å²) < 4.78 is 0. The molecule has 0 aliphatic rings. The SMILES string of the molecule is N#Cc1ccnnc1NCCCc1ccccc1. The van der Waals surface area contributed by atoms with E-state index in [1.807, 2.05) is 18.2 Å². The van der Waals surface area contributed by atoms with Crippen LogP contribution in [0.25, 0.3) is 0 Å². The molecule has 1 N–H and O–H groups in total. The molecule has 2 aromatic rings. The Morgan fingerprint density at radius 3 is 2.78 bits per heavy atom. The molecule has 4 heteroatoms. The van der Waals surface area contributed by atoms with Crippen LogP contribution in [0.5, 0.6) is 0 Å². The van der Waals surface area contributed by atoms with Crippen molar-refractivity contribution in [3.63, 3.8) is 0 Å². The highest BCUT2D eigenvalue weighted by atomic mass is 15.2. The van der Waals surface area contributed by atoms with Crippen LogP contribution in [-0.4, -0.2) is 16.7 Å². The lowest BCUT2D eigenvalue weighted by atomic mass is 10.1. The van der Waals surface area contributed by atoms with Crippen LogP contribution in [0, 0.1) is 11.3 Å². The second kappa shape index (κ2) is 6.36. The number of aryl methyl sites for hydroxylation is 1. The van der Waals surface area contributed by atoms with E-state index in [2.05, 4.69) is 33.7 Å². The molecule has 90 valence electrons. The molecule has 0 bridgehead atoms. The standard InChI is InChI=1S/C14H14N4/c15-11-13-8-10-17-18-14(13)16-9-4-7-12-5-2-1-3-6-12/h1-3,5-6,8,10H,4,7,9H2,(H,16,18). The maximum absolute atomic E-state index is 8.90. The summed E-state index contributed by atoms with van der Waals surface area (Å²) in [5, 5.41) is 19.7. The molecule has 0 atom stereocenters. The van der Waals surface area contributed by atoms with Crippen molar-refractivity contribution in [1.82, 2.24) is 10.2 Å². The summed E-state index contributed by atoms with van der Waals surface area (Å²) in [6.07, 6.45) is 3.52. The van der Waals surface area contributed by atoms with Gasteiger partial charge in [-0.05, 0) is 24.5 Å². The largest absolute Gasteiger partial charge is 0.367 e. The van der Waals surface area contributed by atoms with E-state index in [4.69, 9.17) is 5.26 Å². The van der Waals surface area contributed by atoms with Gasteiger partial charge in [-0.2, -0.15) is 10.4 Å². The van der Waals surface area contributed by atoms with Crippen molar-refractivity contribution in [2.24, 2.45) is 0 Å². The molecule has 1 heterocycles. The topological polar surface area (TPSA) is 61.6 Å². The first-order valence-electron chi connectivity index (χ1n) is 5.90. The molecule has 0 radical (unpaired) electrons. The zero-order valence-electron chi connectivity index (χ0n) is 10.0. The second-order valence-electron chi connectivity index (χ2n) is 3.92. The number of nitrogens with zero attached hydrogens (tertiary/aromatic N) is 3. The van der Waals surface area contributed by atoms with Crippen LogP contribution in [0.3, 0.4) is 0 Å². The highest BCUT2D eigenvalue weighted by Gasteiger charge is 2.01. The van der Waals surface area contributed by atoms with Gasteiger partial charge in [-0.3, -0.25) is 0 Å². The van der Waals surface area contributed by atoms with Gasteiger partial charge in [0.2, 0.25) is 0 Å². The third kappa shape index (κ3) is 3.29. The van der Waals surface area contributed by atoms with Gasteiger partial charge in [0, 0.05) is 6.54 Å². The van der Waals surface area contributed by atoms with Gasteiger partial charge in [-0.1, -0.05) is 30.3 Å². The van der Waals surface area contributed by atoms with Crippen molar-refractivity contribution in [2.75, 3.05) is 11.9 Å². The van der Waals surface area contributed by atoms with E-state index in [0.717, 1.165) is 19.4 Å². The van der Waals surface area contributed by atoms with E-state index >= 15 is 0 Å². The Labute approximate surface area is 106 Å². The fraction of sp³-hybridized carbons (Fsp3) is 0.214. The molecule has 4 nitrogen and oxygen atoms in total. The molecule has 1 aromatic heterocycles. The molecule has 0 aliphatic heterocycles. The van der Waals surface area contributed by atoms with Gasteiger partial charge in [0.25, 0.3) is 0 Å². The predicted molar refractivity (Wildman–Crippen MR) is 70.0 cm³/mol. The molecular weight excluding hydrogens is 224 g/mol. The number of nitrogens with one attached hydrogen (secondary N) is 1. The summed E-state index contributed by atoms with van der Waals surface area (Å²) in [5.74, 6) is 0.563. The Morgan fingerprint density at radius 1 is 1.17 bits per heavy atom. The molecule has 18 heavy (non-hydrogen) atoms. The van der Waals surface area contributed by atoms with Crippen molar-refractivity contribution < 1.29 is 0 Å². The average molecular weight is 238 g/mol. The fourth-order valence-corrected chi connectivity index (χ4v) is 1.70. The van der Waals surface area contributed by atoms with Crippen molar-refractivity contribution in [2.45, 2.75) is 12.8 Å². The Bertz CT molecular complexity index is 531. The van der Waals surface area contributed by atoms with Gasteiger partial charge in [-0.15, -0.1) is 5.10 Å². The molecule has 0 saturated carbocycles. The molecule has 0 aliphatic carbocycles. The van der Waals surface area contributed by atoms with E-state index in [0.29, 0.717) is 11.4 Å². The number of anilines is 1. The Kier molecular flexibility index (Phi) is 4.26. The molecule has 0 saturated heterocycles. The molecule has 0 spiro atoms. The molecule has 0 amide bonds. The summed E-state index contributed by atoms with van der Waals surface area (Å²) >= 11 is 0. The minimum absolute atomic E-state index is 0.532. The van der Waals surface area contributed by atoms with Gasteiger partial charge < -0.3 is 5.32 Å². The average Bonchev–Trinajstić information content (AvgIpc) is 2.45. The van der Waals surface area contributed by atoms with Crippen molar-refractivity contribution in [3.05, 3.63) is 53.7 Å². The van der Waals surface area contributed by atoms with Gasteiger partial charge >= 0.3 is 0 Å². The molecular formula is C14H14N4. The molecule has 0 fully saturated rings. The van der Waals surface area contributed by atoms with Crippen LogP contribution in [0.2, 0.25) is 0 Å². The van der Waals surface area contributed by atoms with Gasteiger partial charge in [-0.25, -0.2) is 0 Å². The van der Waals surface area contributed by atoms with E-state index in [-0.39, 0.29) is 0 Å². The quantitative estimate of drug-likeness (QED) is 0.812. The Morgan fingerprint density at radius 2 is 2.00 bits per heavy atom. The molecule has 1 aromatic carbocycles. The zero-order valence-corrected chi connectivity index (χ0v) is 10.0. The van der Waals surface area contributed by atoms with E-state index in [9.17, 15) is 0 Å². The highest BCUT2D eigenvalue weighted by molar-refractivity contribution is 5.49. The summed E-state index contributed by atoms with van der Waals surface area (Å²) in [6.45, 7) is 0.780. The minimum atomic E-state index is 0.532. The van der Waals surface area contributed by atoms with Crippen molar-refractivity contribution in [1.29, 1.82) is 5.26 Å². The maximum atomic E-state index is 8.90. The number of hydrogen-bond donors (Lipinski definition) is 1. The van der Waals surface area contributed by atoms with Gasteiger partial charge in [0.15, 0.2) is 5.82 Å². The number of hydrogen-bond acceptors (Lipinski definition) is 4. The zero-order chi connectivity index (χ0) is 12.6. The predicted octanol–water partition coefficient (Wildman–Crippen LogP) is 2.39. The number of nitriles is 1. The van der Waals surface area contributed by atoms with Crippen molar-refractivity contribution >= 4 is 5.82 Å². The Balaban J connectivity index is 1.81. The van der Waals surface area contributed by atoms with Gasteiger partial charge in [0.05, 0.1) is 11.8 Å². The van der Waals surface area contributed by atoms with Crippen LogP contribution >= 0.6 is 0 Å². The smallest absolute Gasteiger partial charge is 0.166 e. The lowest BCUT2D eigenvalue weighted by molar-refractivity contribution is 0.852. The van der Waals surface area contributed by atoms with E-state index in [1.165, 1.54) is 11.8 Å². The molecule has 2 rings (SSSR count). The first-order valence-corrected chi connectivity index (χ1v) is 5.90. The first kappa shape index (κ1) is 12.1. The summed E-state index contributed by atoms with van der Waals surface area (Å²) in [6, 6.07) is 14.1. The Hall–Kier alpha value is -2.41. The lowest BCUT2D eigenvalue weighted by Crippen LogP contribution is -2.06. The van der Waals surface area contributed by atoms with Crippen LogP contribution < -0.4 is 5.32 Å². The van der Waals surface area contributed by atoms with Crippen LogP contribution in [-0.2, 0) is 6.42 Å². The first-order chi connectivity index (χ1) is 8.90. The number of rotatable bonds is 5. The van der Waals surface area contributed by atoms with Gasteiger partial charge in [0.1, 0.15) is 6.07 Å². The third-order valence-electron chi connectivity index (χ3n) is 2.62. The summed E-state index contributed by atoms with van der Waals surface area (Å²) in [7, 11) is 0. The summed E-state index contributed by atoms with van der Waals surface area (Å²) in [4.78, 5) is 0. The third-order valence-corrected chi connectivity index (χ3v) is 2.62. The van der Waals surface area contributed by atoms with Crippen molar-refractivity contribution in [3.8, 4) is 6.07 Å². The van der Waals surface area contributed by atoms with Crippen LogP contribution in [0.15, 0.2) is 42.6 Å². The number of benzene rings is 1. The van der Waals surface area contributed by atoms with E-state index in [1.54, 1.807) is 6.07 Å². The monoisotopic (exact) mass is 238 g/mol. The molecule has 0 unspecified atom stereocenters. The normalized spacial score (nSPS) is 9.72. The fourth-order valence-electron chi connectivity index (χ4n) is 1.70. The number of aromatic nitrogens is 2. The highest BCUT2D eigenvalue weighted by Crippen LogP contribution is 2.08. The maximum Gasteiger partial charge on any atom is 0.166 e. The van der Waals surface area contributed by atoms with Crippen LogP contribution in [0.1, 0.15) is 17.5 Å². The summed E-state index contributed by atoms with van der Waals surface area (Å²) in [5.41, 5.74) is 1.85. The lowest BCUT2D eigenvalue weighted by Gasteiger charge is -2.05. The minimum Gasteiger partial charge on any atom is -0.367 e. The van der Waals surface area contributed by atoms with Crippen LogP contribution in [0.4, 0.5) is 5.82 Å². The second-order valence-corrected chi connectivity index (χ2v) is 3.92.